The standard InChI is InChI=1S/C14H23ClN2O/c1-5-14(3,6-7-15)16-10-12-9-13(18-4)8-11(2)17-12/h8-9,16H,5-7,10H2,1-4H3. The van der Waals surface area contributed by atoms with E-state index in [1.54, 1.807) is 7.11 Å². The topological polar surface area (TPSA) is 34.1 Å². The number of nitrogens with zero attached hydrogens (tertiary/aromatic N) is 1. The zero-order valence-electron chi connectivity index (χ0n) is 11.7. The lowest BCUT2D eigenvalue weighted by molar-refractivity contribution is 0.328. The second-order valence-corrected chi connectivity index (χ2v) is 5.22. The predicted octanol–water partition coefficient (Wildman–Crippen LogP) is 3.29. The summed E-state index contributed by atoms with van der Waals surface area (Å²) in [7, 11) is 1.68. The predicted molar refractivity (Wildman–Crippen MR) is 76.4 cm³/mol. The Hall–Kier alpha value is -0.800. The molecule has 3 nitrogen and oxygen atoms in total. The smallest absolute Gasteiger partial charge is 0.122 e. The first kappa shape index (κ1) is 15.3. The summed E-state index contributed by atoms with van der Waals surface area (Å²) in [4.78, 5) is 4.50. The van der Waals surface area contributed by atoms with Crippen LogP contribution in [0, 0.1) is 6.92 Å². The molecule has 1 N–H and O–H groups in total. The second-order valence-electron chi connectivity index (χ2n) is 4.85. The molecule has 0 saturated heterocycles. The number of ether oxygens (including phenoxy) is 1. The van der Waals surface area contributed by atoms with Gasteiger partial charge >= 0.3 is 0 Å². The van der Waals surface area contributed by atoms with Crippen molar-refractivity contribution < 1.29 is 4.74 Å². The molecule has 1 unspecified atom stereocenters. The van der Waals surface area contributed by atoms with Gasteiger partial charge in [0.2, 0.25) is 0 Å². The highest BCUT2D eigenvalue weighted by molar-refractivity contribution is 6.17. The Balaban J connectivity index is 2.70. The third kappa shape index (κ3) is 4.46. The van der Waals surface area contributed by atoms with Gasteiger partial charge in [-0.15, -0.1) is 11.6 Å². The van der Waals surface area contributed by atoms with Crippen LogP contribution >= 0.6 is 11.6 Å². The van der Waals surface area contributed by atoms with Crippen LogP contribution in [0.15, 0.2) is 12.1 Å². The highest BCUT2D eigenvalue weighted by Gasteiger charge is 2.20. The molecule has 4 heteroatoms. The summed E-state index contributed by atoms with van der Waals surface area (Å²) in [6, 6.07) is 3.90. The Kier molecular flexibility index (Phi) is 5.89. The summed E-state index contributed by atoms with van der Waals surface area (Å²) in [5, 5.41) is 3.54. The average molecular weight is 271 g/mol. The first-order valence-corrected chi connectivity index (χ1v) is 6.89. The zero-order chi connectivity index (χ0) is 13.6. The van der Waals surface area contributed by atoms with Crippen molar-refractivity contribution in [3.63, 3.8) is 0 Å². The van der Waals surface area contributed by atoms with Crippen LogP contribution in [0.25, 0.3) is 0 Å². The highest BCUT2D eigenvalue weighted by Crippen LogP contribution is 2.18. The number of methoxy groups -OCH3 is 1. The molecule has 0 aliphatic rings. The van der Waals surface area contributed by atoms with Gasteiger partial charge in [0.15, 0.2) is 0 Å². The van der Waals surface area contributed by atoms with Crippen molar-refractivity contribution in [1.82, 2.24) is 10.3 Å². The van der Waals surface area contributed by atoms with E-state index in [0.29, 0.717) is 5.88 Å². The number of alkyl halides is 1. The Morgan fingerprint density at radius 1 is 1.44 bits per heavy atom. The van der Waals surface area contributed by atoms with Crippen molar-refractivity contribution in [3.05, 3.63) is 23.5 Å². The molecule has 0 bridgehead atoms. The quantitative estimate of drug-likeness (QED) is 0.772. The van der Waals surface area contributed by atoms with Gasteiger partial charge in [-0.05, 0) is 26.7 Å². The summed E-state index contributed by atoms with van der Waals surface area (Å²) < 4.78 is 5.25. The van der Waals surface area contributed by atoms with E-state index in [4.69, 9.17) is 16.3 Å². The van der Waals surface area contributed by atoms with Gasteiger partial charge in [-0.2, -0.15) is 0 Å². The van der Waals surface area contributed by atoms with E-state index in [0.717, 1.165) is 36.5 Å². The lowest BCUT2D eigenvalue weighted by Gasteiger charge is -2.29. The minimum absolute atomic E-state index is 0.0699. The summed E-state index contributed by atoms with van der Waals surface area (Å²) in [5.41, 5.74) is 2.04. The third-order valence-electron chi connectivity index (χ3n) is 3.34. The van der Waals surface area contributed by atoms with Gasteiger partial charge in [0, 0.05) is 35.8 Å². The van der Waals surface area contributed by atoms with Crippen LogP contribution in [0.2, 0.25) is 0 Å². The summed E-state index contributed by atoms with van der Waals surface area (Å²) in [6.45, 7) is 7.08. The number of rotatable bonds is 7. The molecule has 0 aliphatic carbocycles. The molecule has 0 fully saturated rings. The maximum Gasteiger partial charge on any atom is 0.122 e. The SMILES string of the molecule is CCC(C)(CCCl)NCc1cc(OC)cc(C)n1. The van der Waals surface area contributed by atoms with Crippen molar-refractivity contribution in [2.75, 3.05) is 13.0 Å². The fraction of sp³-hybridized carbons (Fsp3) is 0.643. The van der Waals surface area contributed by atoms with Crippen molar-refractivity contribution in [2.45, 2.75) is 45.7 Å². The number of nitrogens with one attached hydrogen (secondary N) is 1. The molecule has 0 amide bonds. The van der Waals surface area contributed by atoms with E-state index < -0.39 is 0 Å². The molecule has 1 heterocycles. The number of pyridine rings is 1. The first-order chi connectivity index (χ1) is 8.53. The summed E-state index contributed by atoms with van der Waals surface area (Å²) in [5.74, 6) is 1.52. The molecule has 0 aliphatic heterocycles. The lowest BCUT2D eigenvalue weighted by atomic mass is 9.95. The normalized spacial score (nSPS) is 14.3. The molecule has 102 valence electrons. The lowest BCUT2D eigenvalue weighted by Crippen LogP contribution is -2.41. The van der Waals surface area contributed by atoms with E-state index in [9.17, 15) is 0 Å². The van der Waals surface area contributed by atoms with E-state index in [1.165, 1.54) is 0 Å². The van der Waals surface area contributed by atoms with Crippen molar-refractivity contribution in [1.29, 1.82) is 0 Å². The molecular weight excluding hydrogens is 248 g/mol. The van der Waals surface area contributed by atoms with Crippen LogP contribution in [-0.4, -0.2) is 23.5 Å². The molecule has 0 aromatic carbocycles. The first-order valence-electron chi connectivity index (χ1n) is 6.35. The van der Waals surface area contributed by atoms with E-state index >= 15 is 0 Å². The maximum absolute atomic E-state index is 5.84. The number of aromatic nitrogens is 1. The molecule has 0 spiro atoms. The highest BCUT2D eigenvalue weighted by atomic mass is 35.5. The second kappa shape index (κ2) is 6.95. The van der Waals surface area contributed by atoms with Gasteiger partial charge in [0.1, 0.15) is 5.75 Å². The van der Waals surface area contributed by atoms with Gasteiger partial charge < -0.3 is 10.1 Å². The maximum atomic E-state index is 5.84. The minimum atomic E-state index is 0.0699. The molecule has 1 aromatic heterocycles. The molecule has 0 radical (unpaired) electrons. The summed E-state index contributed by atoms with van der Waals surface area (Å²) >= 11 is 5.84. The van der Waals surface area contributed by atoms with E-state index in [2.05, 4.69) is 24.1 Å². The van der Waals surface area contributed by atoms with Crippen LogP contribution < -0.4 is 10.1 Å². The fourth-order valence-corrected chi connectivity index (χ4v) is 2.23. The molecule has 18 heavy (non-hydrogen) atoms. The molecule has 1 atom stereocenters. The third-order valence-corrected chi connectivity index (χ3v) is 3.53. The minimum Gasteiger partial charge on any atom is -0.497 e. The van der Waals surface area contributed by atoms with E-state index in [1.807, 2.05) is 19.1 Å². The van der Waals surface area contributed by atoms with Crippen molar-refractivity contribution >= 4 is 11.6 Å². The molecule has 0 saturated carbocycles. The van der Waals surface area contributed by atoms with Crippen molar-refractivity contribution in [3.8, 4) is 5.75 Å². The molecule has 1 aromatic rings. The monoisotopic (exact) mass is 270 g/mol. The number of aryl methyl sites for hydroxylation is 1. The Bertz CT molecular complexity index is 384. The van der Waals surface area contributed by atoms with Gasteiger partial charge in [0.25, 0.3) is 0 Å². The van der Waals surface area contributed by atoms with Gasteiger partial charge in [-0.1, -0.05) is 6.92 Å². The van der Waals surface area contributed by atoms with Crippen molar-refractivity contribution in [2.24, 2.45) is 0 Å². The average Bonchev–Trinajstić information content (AvgIpc) is 2.36. The molecule has 1 rings (SSSR count). The van der Waals surface area contributed by atoms with Gasteiger partial charge in [-0.3, -0.25) is 4.98 Å². The van der Waals surface area contributed by atoms with Gasteiger partial charge in [0.05, 0.1) is 12.8 Å². The van der Waals surface area contributed by atoms with Crippen LogP contribution in [0.5, 0.6) is 5.75 Å². The summed E-state index contributed by atoms with van der Waals surface area (Å²) in [6.07, 6.45) is 2.00. The van der Waals surface area contributed by atoms with Crippen LogP contribution in [0.3, 0.4) is 0 Å². The number of hydrogen-bond acceptors (Lipinski definition) is 3. The van der Waals surface area contributed by atoms with Crippen LogP contribution in [-0.2, 0) is 6.54 Å². The number of hydrogen-bond donors (Lipinski definition) is 1. The van der Waals surface area contributed by atoms with Crippen LogP contribution in [0.4, 0.5) is 0 Å². The fourth-order valence-electron chi connectivity index (χ4n) is 1.81. The number of halogens is 1. The Morgan fingerprint density at radius 2 is 2.17 bits per heavy atom. The zero-order valence-corrected chi connectivity index (χ0v) is 12.5. The van der Waals surface area contributed by atoms with Gasteiger partial charge in [-0.25, -0.2) is 0 Å². The Labute approximate surface area is 115 Å². The van der Waals surface area contributed by atoms with Crippen LogP contribution in [0.1, 0.15) is 38.1 Å². The largest absolute Gasteiger partial charge is 0.497 e. The molecular formula is C14H23ClN2O. The van der Waals surface area contributed by atoms with E-state index in [-0.39, 0.29) is 5.54 Å². The Morgan fingerprint density at radius 3 is 2.72 bits per heavy atom.